The van der Waals surface area contributed by atoms with Crippen molar-refractivity contribution in [3.63, 3.8) is 0 Å². The van der Waals surface area contributed by atoms with Gasteiger partial charge in [-0.1, -0.05) is 0 Å². The fourth-order valence-corrected chi connectivity index (χ4v) is 2.91. The number of hydrogen-bond acceptors (Lipinski definition) is 5. The van der Waals surface area contributed by atoms with E-state index in [-0.39, 0.29) is 25.6 Å². The molecule has 1 saturated carbocycles. The van der Waals surface area contributed by atoms with Gasteiger partial charge in [-0.15, -0.1) is 0 Å². The molecule has 0 bridgehead atoms. The number of methoxy groups -OCH3 is 2. The summed E-state index contributed by atoms with van der Waals surface area (Å²) in [6.45, 7) is 0.0871. The molecular formula is C19H22N2O5. The van der Waals surface area contributed by atoms with Crippen LogP contribution >= 0.6 is 0 Å². The number of aromatic nitrogens is 1. The second-order valence-corrected chi connectivity index (χ2v) is 6.37. The molecule has 7 heteroatoms. The maximum Gasteiger partial charge on any atom is 0.323 e. The first-order valence-electron chi connectivity index (χ1n) is 8.52. The van der Waals surface area contributed by atoms with Gasteiger partial charge in [0.15, 0.2) is 0 Å². The number of amides is 1. The van der Waals surface area contributed by atoms with Gasteiger partial charge in [0.25, 0.3) is 5.91 Å². The summed E-state index contributed by atoms with van der Waals surface area (Å²) in [7, 11) is 3.07. The number of hydrogen-bond donors (Lipinski definition) is 1. The van der Waals surface area contributed by atoms with Gasteiger partial charge in [-0.3, -0.25) is 14.6 Å². The number of carboxylic acids is 1. The molecular weight excluding hydrogens is 336 g/mol. The Labute approximate surface area is 151 Å². The second-order valence-electron chi connectivity index (χ2n) is 6.37. The molecule has 1 aromatic heterocycles. The summed E-state index contributed by atoms with van der Waals surface area (Å²) in [4.78, 5) is 30.3. The lowest BCUT2D eigenvalue weighted by molar-refractivity contribution is -0.137. The van der Waals surface area contributed by atoms with Crippen LogP contribution in [-0.2, 0) is 9.53 Å². The Morgan fingerprint density at radius 2 is 2.04 bits per heavy atom. The van der Waals surface area contributed by atoms with E-state index in [1.54, 1.807) is 25.3 Å². The molecule has 0 saturated heterocycles. The number of carboxylic acid groups (broad SMARTS) is 1. The van der Waals surface area contributed by atoms with Crippen LogP contribution in [0.3, 0.4) is 0 Å². The van der Waals surface area contributed by atoms with Crippen LogP contribution in [0.1, 0.15) is 34.8 Å². The van der Waals surface area contributed by atoms with Gasteiger partial charge in [-0.2, -0.15) is 0 Å². The maximum absolute atomic E-state index is 13.1. The highest BCUT2D eigenvalue weighted by molar-refractivity contribution is 6.07. The lowest BCUT2D eigenvalue weighted by Gasteiger charge is -2.21. The van der Waals surface area contributed by atoms with Crippen molar-refractivity contribution in [2.45, 2.75) is 18.8 Å². The number of nitrogens with zero attached hydrogens (tertiary/aromatic N) is 2. The zero-order chi connectivity index (χ0) is 18.7. The standard InChI is InChI=1S/C19H22N2O5/c1-25-8-7-21(11-18(22)23)19(24)15-10-17(12-3-4-12)20-16-6-5-13(26-2)9-14(15)16/h5-6,9-10,12H,3-4,7-8,11H2,1-2H3,(H,22,23). The summed E-state index contributed by atoms with van der Waals surface area (Å²) in [5.74, 6) is -0.408. The second kappa shape index (κ2) is 7.70. The van der Waals surface area contributed by atoms with E-state index in [1.165, 1.54) is 12.0 Å². The first kappa shape index (κ1) is 18.1. The first-order chi connectivity index (χ1) is 12.5. The number of rotatable bonds is 8. The van der Waals surface area contributed by atoms with E-state index < -0.39 is 5.97 Å². The average molecular weight is 358 g/mol. The molecule has 138 valence electrons. The normalized spacial score (nSPS) is 13.6. The van der Waals surface area contributed by atoms with E-state index in [2.05, 4.69) is 4.98 Å². The lowest BCUT2D eigenvalue weighted by Crippen LogP contribution is -2.38. The van der Waals surface area contributed by atoms with Crippen LogP contribution in [0.2, 0.25) is 0 Å². The summed E-state index contributed by atoms with van der Waals surface area (Å²) in [5, 5.41) is 9.82. The van der Waals surface area contributed by atoms with E-state index >= 15 is 0 Å². The van der Waals surface area contributed by atoms with E-state index in [0.717, 1.165) is 18.5 Å². The topological polar surface area (TPSA) is 89.0 Å². The SMILES string of the molecule is COCCN(CC(=O)O)C(=O)c1cc(C2CC2)nc2ccc(OC)cc12. The molecule has 0 atom stereocenters. The number of aliphatic carboxylic acids is 1. The summed E-state index contributed by atoms with van der Waals surface area (Å²) >= 11 is 0. The van der Waals surface area contributed by atoms with E-state index in [0.29, 0.717) is 28.1 Å². The molecule has 2 aromatic rings. The molecule has 1 aliphatic rings. The van der Waals surface area contributed by atoms with Crippen molar-refractivity contribution in [1.29, 1.82) is 0 Å². The Morgan fingerprint density at radius 1 is 1.27 bits per heavy atom. The minimum atomic E-state index is -1.06. The Hall–Kier alpha value is -2.67. The van der Waals surface area contributed by atoms with Crippen LogP contribution < -0.4 is 4.74 Å². The zero-order valence-corrected chi connectivity index (χ0v) is 14.9. The summed E-state index contributed by atoms with van der Waals surface area (Å²) in [5.41, 5.74) is 2.04. The predicted octanol–water partition coefficient (Wildman–Crippen LogP) is 2.29. The van der Waals surface area contributed by atoms with Crippen molar-refractivity contribution >= 4 is 22.8 Å². The Kier molecular flexibility index (Phi) is 5.37. The van der Waals surface area contributed by atoms with Gasteiger partial charge in [-0.25, -0.2) is 0 Å². The summed E-state index contributed by atoms with van der Waals surface area (Å²) in [6.07, 6.45) is 2.12. The number of carbonyl (C=O) groups excluding carboxylic acids is 1. The third kappa shape index (κ3) is 3.94. The van der Waals surface area contributed by atoms with E-state index in [9.17, 15) is 9.59 Å². The highest BCUT2D eigenvalue weighted by Gasteiger charge is 2.28. The summed E-state index contributed by atoms with van der Waals surface area (Å²) < 4.78 is 10.3. The molecule has 26 heavy (non-hydrogen) atoms. The largest absolute Gasteiger partial charge is 0.497 e. The fourth-order valence-electron chi connectivity index (χ4n) is 2.91. The van der Waals surface area contributed by atoms with Gasteiger partial charge in [-0.05, 0) is 37.1 Å². The van der Waals surface area contributed by atoms with Gasteiger partial charge in [0.05, 0.1) is 24.8 Å². The van der Waals surface area contributed by atoms with Crippen molar-refractivity contribution < 1.29 is 24.2 Å². The van der Waals surface area contributed by atoms with Gasteiger partial charge >= 0.3 is 5.97 Å². The minimum Gasteiger partial charge on any atom is -0.497 e. The van der Waals surface area contributed by atoms with Crippen molar-refractivity contribution in [2.24, 2.45) is 0 Å². The highest BCUT2D eigenvalue weighted by Crippen LogP contribution is 2.40. The van der Waals surface area contributed by atoms with E-state index in [4.69, 9.17) is 14.6 Å². The lowest BCUT2D eigenvalue weighted by atomic mass is 10.0. The number of ether oxygens (including phenoxy) is 2. The van der Waals surface area contributed by atoms with Crippen LogP contribution in [-0.4, -0.2) is 60.8 Å². The monoisotopic (exact) mass is 358 g/mol. The molecule has 0 radical (unpaired) electrons. The molecule has 3 rings (SSSR count). The molecule has 1 fully saturated rings. The molecule has 1 amide bonds. The molecule has 0 spiro atoms. The highest BCUT2D eigenvalue weighted by atomic mass is 16.5. The number of fused-ring (bicyclic) bond motifs is 1. The van der Waals surface area contributed by atoms with Gasteiger partial charge < -0.3 is 19.5 Å². The van der Waals surface area contributed by atoms with Gasteiger partial charge in [0, 0.05) is 30.7 Å². The van der Waals surface area contributed by atoms with Gasteiger partial charge in [0.2, 0.25) is 0 Å². The van der Waals surface area contributed by atoms with Crippen LogP contribution in [0, 0.1) is 0 Å². The molecule has 0 unspecified atom stereocenters. The van der Waals surface area contributed by atoms with Gasteiger partial charge in [0.1, 0.15) is 12.3 Å². The fraction of sp³-hybridized carbons (Fsp3) is 0.421. The van der Waals surface area contributed by atoms with Crippen LogP contribution in [0.4, 0.5) is 0 Å². The van der Waals surface area contributed by atoms with Crippen LogP contribution in [0.15, 0.2) is 24.3 Å². The smallest absolute Gasteiger partial charge is 0.323 e. The average Bonchev–Trinajstić information content (AvgIpc) is 3.48. The van der Waals surface area contributed by atoms with Crippen molar-refractivity contribution in [1.82, 2.24) is 9.88 Å². The third-order valence-electron chi connectivity index (χ3n) is 4.44. The maximum atomic E-state index is 13.1. The zero-order valence-electron chi connectivity index (χ0n) is 14.9. The molecule has 1 aromatic carbocycles. The van der Waals surface area contributed by atoms with E-state index in [1.807, 2.05) is 6.07 Å². The Morgan fingerprint density at radius 3 is 2.65 bits per heavy atom. The van der Waals surface area contributed by atoms with Crippen LogP contribution in [0.5, 0.6) is 5.75 Å². The third-order valence-corrected chi connectivity index (χ3v) is 4.44. The number of pyridine rings is 1. The first-order valence-corrected chi connectivity index (χ1v) is 8.52. The van der Waals surface area contributed by atoms with Crippen LogP contribution in [0.25, 0.3) is 10.9 Å². The Balaban J connectivity index is 2.06. The van der Waals surface area contributed by atoms with Crippen molar-refractivity contribution in [2.75, 3.05) is 33.9 Å². The molecule has 1 aliphatic carbocycles. The van der Waals surface area contributed by atoms with Crippen molar-refractivity contribution in [3.05, 3.63) is 35.5 Å². The number of carbonyl (C=O) groups is 2. The van der Waals surface area contributed by atoms with Crippen molar-refractivity contribution in [3.8, 4) is 5.75 Å². The minimum absolute atomic E-state index is 0.203. The molecule has 7 nitrogen and oxygen atoms in total. The molecule has 1 heterocycles. The predicted molar refractivity (Wildman–Crippen MR) is 95.7 cm³/mol. The Bertz CT molecular complexity index is 832. The summed E-state index contributed by atoms with van der Waals surface area (Å²) in [6, 6.07) is 7.19. The molecule has 1 N–H and O–H groups in total. The molecule has 0 aliphatic heterocycles. The quantitative estimate of drug-likeness (QED) is 0.779. The number of benzene rings is 1.